The van der Waals surface area contributed by atoms with Gasteiger partial charge in [-0.25, -0.2) is 0 Å². The standard InChI is InChI=1S/C16H13NO3/c1-11-6-2-3-7-12(11)10-20-17-15(18)13-8-4-5-9-14(13)16(17)19/h2-9H,10H2,1H3. The first kappa shape index (κ1) is 12.6. The molecule has 1 heterocycles. The quantitative estimate of drug-likeness (QED) is 0.803. The molecule has 0 saturated heterocycles. The Morgan fingerprint density at radius 1 is 0.900 bits per heavy atom. The summed E-state index contributed by atoms with van der Waals surface area (Å²) in [5.41, 5.74) is 2.79. The summed E-state index contributed by atoms with van der Waals surface area (Å²) in [7, 11) is 0. The predicted octanol–water partition coefficient (Wildman–Crippen LogP) is 2.72. The van der Waals surface area contributed by atoms with Crippen molar-refractivity contribution in [1.29, 1.82) is 0 Å². The van der Waals surface area contributed by atoms with Crippen LogP contribution in [-0.4, -0.2) is 16.9 Å². The zero-order valence-corrected chi connectivity index (χ0v) is 11.0. The van der Waals surface area contributed by atoms with Crippen molar-refractivity contribution in [2.24, 2.45) is 0 Å². The molecule has 0 aromatic heterocycles. The maximum Gasteiger partial charge on any atom is 0.285 e. The fourth-order valence-corrected chi connectivity index (χ4v) is 2.19. The van der Waals surface area contributed by atoms with Gasteiger partial charge in [-0.1, -0.05) is 36.4 Å². The highest BCUT2D eigenvalue weighted by Gasteiger charge is 2.36. The van der Waals surface area contributed by atoms with Gasteiger partial charge in [-0.05, 0) is 30.2 Å². The summed E-state index contributed by atoms with van der Waals surface area (Å²) < 4.78 is 0. The molecular formula is C16H13NO3. The molecule has 1 aliphatic rings. The summed E-state index contributed by atoms with van der Waals surface area (Å²) in [6.45, 7) is 2.15. The minimum atomic E-state index is -0.404. The van der Waals surface area contributed by atoms with Crippen LogP contribution in [0.3, 0.4) is 0 Å². The number of rotatable bonds is 3. The second-order valence-electron chi connectivity index (χ2n) is 4.65. The van der Waals surface area contributed by atoms with Crippen LogP contribution in [0.15, 0.2) is 48.5 Å². The Balaban J connectivity index is 1.79. The number of carbonyl (C=O) groups excluding carboxylic acids is 2. The number of aryl methyl sites for hydroxylation is 1. The van der Waals surface area contributed by atoms with Crippen LogP contribution < -0.4 is 0 Å². The lowest BCUT2D eigenvalue weighted by atomic mass is 10.1. The monoisotopic (exact) mass is 267 g/mol. The molecule has 100 valence electrons. The molecule has 0 unspecified atom stereocenters. The van der Waals surface area contributed by atoms with Crippen LogP contribution in [0.1, 0.15) is 31.8 Å². The molecule has 0 saturated carbocycles. The van der Waals surface area contributed by atoms with E-state index in [4.69, 9.17) is 4.84 Å². The van der Waals surface area contributed by atoms with Gasteiger partial charge < -0.3 is 0 Å². The summed E-state index contributed by atoms with van der Waals surface area (Å²) in [6.07, 6.45) is 0. The molecule has 2 amide bonds. The third-order valence-corrected chi connectivity index (χ3v) is 3.37. The third-order valence-electron chi connectivity index (χ3n) is 3.37. The summed E-state index contributed by atoms with van der Waals surface area (Å²) in [6, 6.07) is 14.4. The number of fused-ring (bicyclic) bond motifs is 1. The zero-order chi connectivity index (χ0) is 14.1. The third kappa shape index (κ3) is 2.00. The van der Waals surface area contributed by atoms with E-state index in [1.165, 1.54) is 0 Å². The normalized spacial score (nSPS) is 13.8. The van der Waals surface area contributed by atoms with Crippen molar-refractivity contribution in [1.82, 2.24) is 5.06 Å². The summed E-state index contributed by atoms with van der Waals surface area (Å²) in [5, 5.41) is 0.844. The first-order chi connectivity index (χ1) is 9.68. The Kier molecular flexibility index (Phi) is 3.08. The maximum atomic E-state index is 12.1. The van der Waals surface area contributed by atoms with Gasteiger partial charge >= 0.3 is 0 Å². The molecule has 2 aromatic carbocycles. The Bertz CT molecular complexity index is 659. The van der Waals surface area contributed by atoms with Crippen LogP contribution >= 0.6 is 0 Å². The first-order valence-corrected chi connectivity index (χ1v) is 6.33. The van der Waals surface area contributed by atoms with E-state index in [2.05, 4.69) is 0 Å². The Morgan fingerprint density at radius 3 is 2.05 bits per heavy atom. The molecule has 1 aliphatic heterocycles. The Hall–Kier alpha value is -2.46. The van der Waals surface area contributed by atoms with Gasteiger partial charge in [0, 0.05) is 0 Å². The smallest absolute Gasteiger partial charge is 0.266 e. The minimum Gasteiger partial charge on any atom is -0.266 e. The minimum absolute atomic E-state index is 0.193. The average Bonchev–Trinajstić information content (AvgIpc) is 2.71. The van der Waals surface area contributed by atoms with E-state index in [0.29, 0.717) is 11.1 Å². The molecule has 0 N–H and O–H groups in total. The van der Waals surface area contributed by atoms with Crippen molar-refractivity contribution in [3.8, 4) is 0 Å². The summed E-state index contributed by atoms with van der Waals surface area (Å²) in [5.74, 6) is -0.807. The van der Waals surface area contributed by atoms with E-state index < -0.39 is 11.8 Å². The molecular weight excluding hydrogens is 254 g/mol. The summed E-state index contributed by atoms with van der Waals surface area (Å²) >= 11 is 0. The molecule has 0 aliphatic carbocycles. The Morgan fingerprint density at radius 2 is 1.45 bits per heavy atom. The van der Waals surface area contributed by atoms with Crippen LogP contribution in [0.2, 0.25) is 0 Å². The molecule has 4 heteroatoms. The number of imide groups is 1. The second-order valence-corrected chi connectivity index (χ2v) is 4.65. The highest BCUT2D eigenvalue weighted by Crippen LogP contribution is 2.23. The molecule has 0 radical (unpaired) electrons. The first-order valence-electron chi connectivity index (χ1n) is 6.33. The fraction of sp³-hybridized carbons (Fsp3) is 0.125. The van der Waals surface area contributed by atoms with Crippen LogP contribution in [0.25, 0.3) is 0 Å². The van der Waals surface area contributed by atoms with Crippen LogP contribution in [-0.2, 0) is 11.4 Å². The van der Waals surface area contributed by atoms with Crippen molar-refractivity contribution in [3.63, 3.8) is 0 Å². The van der Waals surface area contributed by atoms with Crippen molar-refractivity contribution in [3.05, 3.63) is 70.8 Å². The van der Waals surface area contributed by atoms with Crippen molar-refractivity contribution in [2.75, 3.05) is 0 Å². The number of hydroxylamine groups is 2. The Labute approximate surface area is 116 Å². The van der Waals surface area contributed by atoms with Crippen molar-refractivity contribution < 1.29 is 14.4 Å². The number of hydrogen-bond acceptors (Lipinski definition) is 3. The lowest BCUT2D eigenvalue weighted by Gasteiger charge is -2.14. The van der Waals surface area contributed by atoms with Gasteiger partial charge in [0.2, 0.25) is 0 Å². The molecule has 20 heavy (non-hydrogen) atoms. The fourth-order valence-electron chi connectivity index (χ4n) is 2.19. The zero-order valence-electron chi connectivity index (χ0n) is 11.0. The van der Waals surface area contributed by atoms with Crippen molar-refractivity contribution in [2.45, 2.75) is 13.5 Å². The highest BCUT2D eigenvalue weighted by atomic mass is 16.7. The van der Waals surface area contributed by atoms with Crippen molar-refractivity contribution >= 4 is 11.8 Å². The number of carbonyl (C=O) groups is 2. The van der Waals surface area contributed by atoms with Gasteiger partial charge in [0.05, 0.1) is 11.1 Å². The lowest BCUT2D eigenvalue weighted by Crippen LogP contribution is -2.29. The topological polar surface area (TPSA) is 46.6 Å². The number of hydrogen-bond donors (Lipinski definition) is 0. The van der Waals surface area contributed by atoms with Gasteiger partial charge in [0.1, 0.15) is 6.61 Å². The largest absolute Gasteiger partial charge is 0.285 e. The molecule has 0 atom stereocenters. The average molecular weight is 267 g/mol. The molecule has 3 rings (SSSR count). The van der Waals surface area contributed by atoms with Gasteiger partial charge in [0.15, 0.2) is 0 Å². The molecule has 2 aromatic rings. The van der Waals surface area contributed by atoms with E-state index in [1.807, 2.05) is 31.2 Å². The number of nitrogens with zero attached hydrogens (tertiary/aromatic N) is 1. The molecule has 0 fully saturated rings. The SMILES string of the molecule is Cc1ccccc1CON1C(=O)c2ccccc2C1=O. The number of amides is 2. The predicted molar refractivity (Wildman–Crippen MR) is 72.9 cm³/mol. The highest BCUT2D eigenvalue weighted by molar-refractivity contribution is 6.20. The summed E-state index contributed by atoms with van der Waals surface area (Å²) in [4.78, 5) is 29.6. The number of benzene rings is 2. The molecule has 0 spiro atoms. The lowest BCUT2D eigenvalue weighted by molar-refractivity contribution is -0.101. The van der Waals surface area contributed by atoms with Crippen LogP contribution in [0.5, 0.6) is 0 Å². The van der Waals surface area contributed by atoms with E-state index >= 15 is 0 Å². The van der Waals surface area contributed by atoms with Crippen LogP contribution in [0, 0.1) is 6.92 Å². The van der Waals surface area contributed by atoms with Gasteiger partial charge in [-0.15, -0.1) is 5.06 Å². The van der Waals surface area contributed by atoms with Crippen LogP contribution in [0.4, 0.5) is 0 Å². The second kappa shape index (κ2) is 4.90. The molecule has 0 bridgehead atoms. The van der Waals surface area contributed by atoms with E-state index in [1.54, 1.807) is 24.3 Å². The van der Waals surface area contributed by atoms with E-state index in [9.17, 15) is 9.59 Å². The van der Waals surface area contributed by atoms with Gasteiger partial charge in [-0.2, -0.15) is 0 Å². The van der Waals surface area contributed by atoms with Gasteiger partial charge in [-0.3, -0.25) is 14.4 Å². The molecule has 4 nitrogen and oxygen atoms in total. The van der Waals surface area contributed by atoms with E-state index in [-0.39, 0.29) is 6.61 Å². The maximum absolute atomic E-state index is 12.1. The van der Waals surface area contributed by atoms with Gasteiger partial charge in [0.25, 0.3) is 11.8 Å². The van der Waals surface area contributed by atoms with E-state index in [0.717, 1.165) is 16.2 Å².